The summed E-state index contributed by atoms with van der Waals surface area (Å²) in [4.78, 5) is 7.36. The highest BCUT2D eigenvalue weighted by Crippen LogP contribution is 2.28. The van der Waals surface area contributed by atoms with Crippen molar-refractivity contribution < 1.29 is 0 Å². The summed E-state index contributed by atoms with van der Waals surface area (Å²) >= 11 is 0. The largest absolute Gasteiger partial charge is 0.325 e. The second-order valence-electron chi connectivity index (χ2n) is 5.62. The van der Waals surface area contributed by atoms with Gasteiger partial charge in [-0.2, -0.15) is 0 Å². The lowest BCUT2D eigenvalue weighted by Crippen LogP contribution is -2.42. The fraction of sp³-hybridized carbons (Fsp3) is 0.533. The predicted molar refractivity (Wildman–Crippen MR) is 82.4 cm³/mol. The van der Waals surface area contributed by atoms with Crippen LogP contribution in [-0.2, 0) is 0 Å². The molecule has 4 N–H and O–H groups in total. The van der Waals surface area contributed by atoms with Crippen molar-refractivity contribution in [2.45, 2.75) is 37.8 Å². The van der Waals surface area contributed by atoms with Crippen LogP contribution in [0.25, 0.3) is 0 Å². The number of nitrogens with one attached hydrogen (secondary N) is 2. The molecule has 2 aliphatic heterocycles. The van der Waals surface area contributed by atoms with Gasteiger partial charge in [0.25, 0.3) is 0 Å². The van der Waals surface area contributed by atoms with Crippen molar-refractivity contribution in [3.8, 4) is 0 Å². The topological polar surface area (TPSA) is 65.7 Å². The van der Waals surface area contributed by atoms with E-state index in [4.69, 9.17) is 10.8 Å². The van der Waals surface area contributed by atoms with E-state index in [2.05, 4.69) is 15.6 Å². The van der Waals surface area contributed by atoms with E-state index < -0.39 is 0 Å². The number of anilines is 1. The minimum Gasteiger partial charge on any atom is -0.325 e. The summed E-state index contributed by atoms with van der Waals surface area (Å²) in [6, 6.07) is 11.1. The number of aliphatic imine (C=N–C) groups is 1. The van der Waals surface area contributed by atoms with Crippen molar-refractivity contribution in [3.63, 3.8) is 0 Å². The molecule has 5 nitrogen and oxygen atoms in total. The normalized spacial score (nSPS) is 27.1. The molecule has 0 bridgehead atoms. The van der Waals surface area contributed by atoms with Gasteiger partial charge in [0, 0.05) is 18.3 Å². The summed E-state index contributed by atoms with van der Waals surface area (Å²) in [6.45, 7) is 2.44. The van der Waals surface area contributed by atoms with Gasteiger partial charge in [-0.3, -0.25) is 5.43 Å². The number of nitrogens with two attached hydrogens (primary N) is 1. The fourth-order valence-corrected chi connectivity index (χ4v) is 3.27. The molecule has 5 heteroatoms. The number of hydrogen-bond acceptors (Lipinski definition) is 3. The van der Waals surface area contributed by atoms with E-state index in [9.17, 15) is 0 Å². The Bertz CT molecular complexity index is 459. The van der Waals surface area contributed by atoms with Crippen LogP contribution >= 0.6 is 0 Å². The van der Waals surface area contributed by atoms with Crippen molar-refractivity contribution in [1.29, 1.82) is 0 Å². The Morgan fingerprint density at radius 3 is 2.85 bits per heavy atom. The molecule has 2 heterocycles. The van der Waals surface area contributed by atoms with E-state index in [1.807, 2.05) is 30.3 Å². The highest BCUT2D eigenvalue weighted by atomic mass is 15.3. The minimum atomic E-state index is 0.372. The molecular formula is C15H23N5. The number of guanidine groups is 1. The first kappa shape index (κ1) is 13.4. The maximum absolute atomic E-state index is 5.59. The van der Waals surface area contributed by atoms with E-state index >= 15 is 0 Å². The van der Waals surface area contributed by atoms with Crippen LogP contribution in [0.3, 0.4) is 0 Å². The summed E-state index contributed by atoms with van der Waals surface area (Å²) in [7, 11) is 0. The average molecular weight is 273 g/mol. The smallest absolute Gasteiger partial charge is 0.210 e. The highest BCUT2D eigenvalue weighted by molar-refractivity contribution is 5.93. The van der Waals surface area contributed by atoms with Gasteiger partial charge in [0.2, 0.25) is 5.96 Å². The van der Waals surface area contributed by atoms with E-state index in [0.29, 0.717) is 12.0 Å². The molecule has 0 saturated carbocycles. The molecule has 108 valence electrons. The minimum absolute atomic E-state index is 0.372. The van der Waals surface area contributed by atoms with Crippen LogP contribution in [0, 0.1) is 0 Å². The summed E-state index contributed by atoms with van der Waals surface area (Å²) in [5, 5.41) is 3.24. The quantitative estimate of drug-likeness (QED) is 0.331. The maximum Gasteiger partial charge on any atom is 0.210 e. The number of fused-ring (bicyclic) bond motifs is 1. The zero-order valence-electron chi connectivity index (χ0n) is 11.8. The Kier molecular flexibility index (Phi) is 4.18. The molecule has 1 aromatic carbocycles. The molecule has 2 fully saturated rings. The zero-order chi connectivity index (χ0) is 13.8. The van der Waals surface area contributed by atoms with Crippen molar-refractivity contribution in [1.82, 2.24) is 10.3 Å². The number of benzene rings is 1. The van der Waals surface area contributed by atoms with Crippen molar-refractivity contribution in [2.24, 2.45) is 10.8 Å². The predicted octanol–water partition coefficient (Wildman–Crippen LogP) is 1.54. The molecule has 2 aliphatic rings. The molecular weight excluding hydrogens is 250 g/mol. The van der Waals surface area contributed by atoms with Crippen LogP contribution in [0.15, 0.2) is 35.3 Å². The number of hydrazine groups is 1. The lowest BCUT2D eigenvalue weighted by atomic mass is 9.98. The molecule has 0 aliphatic carbocycles. The van der Waals surface area contributed by atoms with Crippen LogP contribution in [0.4, 0.5) is 5.69 Å². The van der Waals surface area contributed by atoms with Gasteiger partial charge in [-0.15, -0.1) is 0 Å². The Labute approximate surface area is 120 Å². The number of piperidine rings is 1. The van der Waals surface area contributed by atoms with Gasteiger partial charge in [-0.25, -0.2) is 10.8 Å². The molecule has 1 aromatic rings. The third-order valence-corrected chi connectivity index (χ3v) is 4.28. The summed E-state index contributed by atoms with van der Waals surface area (Å²) in [5.41, 5.74) is 3.69. The Balaban J connectivity index is 1.63. The third kappa shape index (κ3) is 3.11. The molecule has 3 rings (SSSR count). The van der Waals surface area contributed by atoms with Crippen molar-refractivity contribution in [3.05, 3.63) is 30.3 Å². The Morgan fingerprint density at radius 2 is 2.05 bits per heavy atom. The molecule has 0 aromatic heterocycles. The van der Waals surface area contributed by atoms with E-state index in [-0.39, 0.29) is 0 Å². The highest BCUT2D eigenvalue weighted by Gasteiger charge is 2.31. The first-order chi connectivity index (χ1) is 9.85. The molecule has 0 radical (unpaired) electrons. The first-order valence-electron chi connectivity index (χ1n) is 7.45. The van der Waals surface area contributed by atoms with Gasteiger partial charge in [0.05, 0.1) is 6.04 Å². The average Bonchev–Trinajstić information content (AvgIpc) is 2.95. The molecule has 0 spiro atoms. The van der Waals surface area contributed by atoms with Crippen molar-refractivity contribution >= 4 is 11.6 Å². The third-order valence-electron chi connectivity index (χ3n) is 4.28. The van der Waals surface area contributed by atoms with Crippen LogP contribution in [0.5, 0.6) is 0 Å². The van der Waals surface area contributed by atoms with E-state index in [1.54, 1.807) is 0 Å². The molecule has 20 heavy (non-hydrogen) atoms. The Hall–Kier alpha value is -1.59. The lowest BCUT2D eigenvalue weighted by molar-refractivity contribution is 0.182. The summed E-state index contributed by atoms with van der Waals surface area (Å²) in [6.07, 6.45) is 4.94. The number of nitrogens with zero attached hydrogens (tertiary/aromatic N) is 2. The maximum atomic E-state index is 5.59. The van der Waals surface area contributed by atoms with Gasteiger partial charge in [-0.05, 0) is 44.4 Å². The number of para-hydroxylation sites is 1. The summed E-state index contributed by atoms with van der Waals surface area (Å²) < 4.78 is 0. The molecule has 2 atom stereocenters. The summed E-state index contributed by atoms with van der Waals surface area (Å²) in [5.74, 6) is 6.25. The monoisotopic (exact) mass is 273 g/mol. The van der Waals surface area contributed by atoms with Gasteiger partial charge in [0.15, 0.2) is 0 Å². The number of hydrogen-bond donors (Lipinski definition) is 3. The van der Waals surface area contributed by atoms with Gasteiger partial charge in [0.1, 0.15) is 0 Å². The van der Waals surface area contributed by atoms with Crippen LogP contribution in [-0.4, -0.2) is 36.0 Å². The van der Waals surface area contributed by atoms with Gasteiger partial charge < -0.3 is 10.2 Å². The van der Waals surface area contributed by atoms with E-state index in [1.165, 1.54) is 25.9 Å². The standard InChI is InChI=1S/C15H23N5/c16-19-15(17-12-5-2-1-3-6-12)18-13-8-10-20-9-4-7-14(20)11-13/h1-3,5-6,13-14H,4,7-11,16H2,(H2,17,18,19). The lowest BCUT2D eigenvalue weighted by Gasteiger charge is -2.33. The van der Waals surface area contributed by atoms with Gasteiger partial charge in [-0.1, -0.05) is 18.2 Å². The van der Waals surface area contributed by atoms with Crippen LogP contribution in [0.1, 0.15) is 25.7 Å². The van der Waals surface area contributed by atoms with Gasteiger partial charge >= 0.3 is 0 Å². The number of rotatable bonds is 2. The Morgan fingerprint density at radius 1 is 1.20 bits per heavy atom. The fourth-order valence-electron chi connectivity index (χ4n) is 3.27. The zero-order valence-corrected chi connectivity index (χ0v) is 11.8. The molecule has 2 unspecified atom stereocenters. The van der Waals surface area contributed by atoms with Crippen LogP contribution < -0.4 is 16.6 Å². The van der Waals surface area contributed by atoms with E-state index in [0.717, 1.165) is 24.6 Å². The first-order valence-corrected chi connectivity index (χ1v) is 7.45. The SMILES string of the molecule is NNC(=NC1CCN2CCCC2C1)Nc1ccccc1. The van der Waals surface area contributed by atoms with Crippen molar-refractivity contribution in [2.75, 3.05) is 18.4 Å². The second kappa shape index (κ2) is 6.24. The molecule has 0 amide bonds. The molecule has 2 saturated heterocycles. The second-order valence-corrected chi connectivity index (χ2v) is 5.62. The van der Waals surface area contributed by atoms with Crippen LogP contribution in [0.2, 0.25) is 0 Å².